The van der Waals surface area contributed by atoms with Crippen LogP contribution < -0.4 is 0 Å². The van der Waals surface area contributed by atoms with Crippen molar-refractivity contribution in [2.75, 3.05) is 13.2 Å². The van der Waals surface area contributed by atoms with Crippen molar-refractivity contribution in [3.05, 3.63) is 12.7 Å². The predicted molar refractivity (Wildman–Crippen MR) is 103 cm³/mol. The molecule has 0 radical (unpaired) electrons. The average Bonchev–Trinajstić information content (AvgIpc) is 2.68. The molecule has 0 aromatic rings. The third kappa shape index (κ3) is 7.98. The van der Waals surface area contributed by atoms with Gasteiger partial charge in [-0.15, -0.1) is 0 Å². The monoisotopic (exact) mass is 364 g/mol. The van der Waals surface area contributed by atoms with E-state index in [2.05, 4.69) is 23.7 Å². The van der Waals surface area contributed by atoms with Gasteiger partial charge in [-0.1, -0.05) is 26.3 Å². The van der Waals surface area contributed by atoms with Crippen molar-refractivity contribution < 1.29 is 14.3 Å². The second kappa shape index (κ2) is 12.2. The van der Waals surface area contributed by atoms with Crippen LogP contribution in [0, 0.1) is 5.92 Å². The zero-order valence-corrected chi connectivity index (χ0v) is 16.4. The van der Waals surface area contributed by atoms with Crippen molar-refractivity contribution in [1.82, 2.24) is 0 Å². The van der Waals surface area contributed by atoms with Crippen LogP contribution in [-0.2, 0) is 14.3 Å². The van der Waals surface area contributed by atoms with E-state index < -0.39 is 0 Å². The highest BCUT2D eigenvalue weighted by Crippen LogP contribution is 2.30. The third-order valence-electron chi connectivity index (χ3n) is 5.60. The molecular weight excluding hydrogens is 328 g/mol. The molecule has 0 atom stereocenters. The number of esters is 1. The van der Waals surface area contributed by atoms with Crippen LogP contribution >= 0.6 is 0 Å². The fourth-order valence-corrected chi connectivity index (χ4v) is 4.01. The van der Waals surface area contributed by atoms with E-state index in [-0.39, 0.29) is 5.97 Å². The van der Waals surface area contributed by atoms with Gasteiger partial charge in [0.15, 0.2) is 0 Å². The molecule has 0 spiro atoms. The number of hydrogen-bond donors (Lipinski definition) is 0. The number of carbonyl (C=O) groups is 1. The molecule has 26 heavy (non-hydrogen) atoms. The molecule has 0 saturated heterocycles. The Bertz CT molecular complexity index is 437. The molecule has 2 fully saturated rings. The van der Waals surface area contributed by atoms with E-state index in [4.69, 9.17) is 9.47 Å². The third-order valence-corrected chi connectivity index (χ3v) is 5.60. The van der Waals surface area contributed by atoms with Crippen LogP contribution in [0.1, 0.15) is 77.6 Å². The SMILES string of the molecule is C=CC(=O)OCCCOC1CCC(N=NC2CCC(CCC)CC2)CC1. The first-order chi connectivity index (χ1) is 12.7. The summed E-state index contributed by atoms with van der Waals surface area (Å²) in [6, 6.07) is 0.854. The number of hydrogen-bond acceptors (Lipinski definition) is 5. The van der Waals surface area contributed by atoms with Crippen molar-refractivity contribution >= 4 is 5.97 Å². The van der Waals surface area contributed by atoms with Gasteiger partial charge in [0.1, 0.15) is 0 Å². The van der Waals surface area contributed by atoms with Gasteiger partial charge in [0, 0.05) is 12.5 Å². The maximum atomic E-state index is 10.9. The summed E-state index contributed by atoms with van der Waals surface area (Å²) in [6.45, 7) is 6.69. The molecule has 0 bridgehead atoms. The first kappa shape index (κ1) is 21.1. The summed E-state index contributed by atoms with van der Waals surface area (Å²) in [5.74, 6) is 0.564. The van der Waals surface area contributed by atoms with Crippen molar-refractivity contribution in [3.8, 4) is 0 Å². The summed E-state index contributed by atoms with van der Waals surface area (Å²) >= 11 is 0. The summed E-state index contributed by atoms with van der Waals surface area (Å²) in [5, 5.41) is 9.32. The number of nitrogens with zero attached hydrogens (tertiary/aromatic N) is 2. The van der Waals surface area contributed by atoms with Gasteiger partial charge in [-0.3, -0.25) is 0 Å². The van der Waals surface area contributed by atoms with Gasteiger partial charge in [-0.05, 0) is 57.3 Å². The molecule has 2 rings (SSSR count). The highest BCUT2D eigenvalue weighted by Gasteiger charge is 2.23. The first-order valence-corrected chi connectivity index (χ1v) is 10.5. The van der Waals surface area contributed by atoms with Crippen molar-refractivity contribution in [1.29, 1.82) is 0 Å². The Kier molecular flexibility index (Phi) is 9.90. The van der Waals surface area contributed by atoms with Crippen LogP contribution in [0.15, 0.2) is 22.9 Å². The van der Waals surface area contributed by atoms with Crippen molar-refractivity contribution in [2.45, 2.75) is 95.7 Å². The van der Waals surface area contributed by atoms with Gasteiger partial charge in [0.25, 0.3) is 0 Å². The van der Waals surface area contributed by atoms with Gasteiger partial charge in [0.2, 0.25) is 0 Å². The van der Waals surface area contributed by atoms with E-state index in [1.807, 2.05) is 0 Å². The molecule has 0 N–H and O–H groups in total. The topological polar surface area (TPSA) is 60.2 Å². The Hall–Kier alpha value is -1.23. The van der Waals surface area contributed by atoms with Crippen LogP contribution in [0.5, 0.6) is 0 Å². The molecule has 2 aliphatic carbocycles. The Morgan fingerprint density at radius 3 is 2.19 bits per heavy atom. The Morgan fingerprint density at radius 2 is 1.62 bits per heavy atom. The molecule has 0 aliphatic heterocycles. The van der Waals surface area contributed by atoms with Gasteiger partial charge in [0.05, 0.1) is 31.4 Å². The van der Waals surface area contributed by atoms with Crippen molar-refractivity contribution in [3.63, 3.8) is 0 Å². The minimum absolute atomic E-state index is 0.320. The summed E-state index contributed by atoms with van der Waals surface area (Å²) in [7, 11) is 0. The minimum atomic E-state index is -0.366. The van der Waals surface area contributed by atoms with E-state index in [0.29, 0.717) is 31.4 Å². The fraction of sp³-hybridized carbons (Fsp3) is 0.857. The maximum absolute atomic E-state index is 10.9. The van der Waals surface area contributed by atoms with E-state index >= 15 is 0 Å². The summed E-state index contributed by atoms with van der Waals surface area (Å²) in [5.41, 5.74) is 0. The minimum Gasteiger partial charge on any atom is -0.462 e. The zero-order chi connectivity index (χ0) is 18.6. The van der Waals surface area contributed by atoms with Crippen LogP contribution in [0.4, 0.5) is 0 Å². The summed E-state index contributed by atoms with van der Waals surface area (Å²) < 4.78 is 10.8. The van der Waals surface area contributed by atoms with Gasteiger partial charge in [-0.2, -0.15) is 10.2 Å². The first-order valence-electron chi connectivity index (χ1n) is 10.5. The lowest BCUT2D eigenvalue weighted by Gasteiger charge is -2.27. The van der Waals surface area contributed by atoms with Crippen LogP contribution in [0.25, 0.3) is 0 Å². The molecule has 0 heterocycles. The Balaban J connectivity index is 1.53. The second-order valence-electron chi connectivity index (χ2n) is 7.72. The van der Waals surface area contributed by atoms with Crippen LogP contribution in [-0.4, -0.2) is 37.4 Å². The highest BCUT2D eigenvalue weighted by atomic mass is 16.5. The molecule has 0 unspecified atom stereocenters. The molecular formula is C21H36N2O3. The lowest BCUT2D eigenvalue weighted by atomic mass is 9.84. The molecule has 0 aromatic carbocycles. The van der Waals surface area contributed by atoms with Gasteiger partial charge in [-0.25, -0.2) is 4.79 Å². The smallest absolute Gasteiger partial charge is 0.330 e. The van der Waals surface area contributed by atoms with Gasteiger partial charge >= 0.3 is 5.97 Å². The second-order valence-corrected chi connectivity index (χ2v) is 7.72. The lowest BCUT2D eigenvalue weighted by Crippen LogP contribution is -2.24. The molecule has 5 nitrogen and oxygen atoms in total. The summed E-state index contributed by atoms with van der Waals surface area (Å²) in [6.07, 6.45) is 14.3. The molecule has 5 heteroatoms. The van der Waals surface area contributed by atoms with Crippen LogP contribution in [0.2, 0.25) is 0 Å². The lowest BCUT2D eigenvalue weighted by molar-refractivity contribution is -0.138. The fourth-order valence-electron chi connectivity index (χ4n) is 4.01. The maximum Gasteiger partial charge on any atom is 0.330 e. The molecule has 148 valence electrons. The standard InChI is InChI=1S/C21H36N2O3/c1-3-6-17-7-9-18(10-8-17)22-23-19-11-13-20(14-12-19)25-15-5-16-26-21(24)4-2/h4,17-20H,2-3,5-16H2,1H3. The number of azo groups is 1. The predicted octanol–water partition coefficient (Wildman–Crippen LogP) is 5.24. The number of rotatable bonds is 10. The van der Waals surface area contributed by atoms with E-state index in [1.54, 1.807) is 0 Å². The normalized spacial score (nSPS) is 29.6. The zero-order valence-electron chi connectivity index (χ0n) is 16.4. The molecule has 0 aromatic heterocycles. The summed E-state index contributed by atoms with van der Waals surface area (Å²) in [4.78, 5) is 10.9. The van der Waals surface area contributed by atoms with E-state index in [0.717, 1.165) is 38.0 Å². The average molecular weight is 365 g/mol. The quantitative estimate of drug-likeness (QED) is 0.230. The molecule has 0 amide bonds. The number of ether oxygens (including phenoxy) is 2. The largest absolute Gasteiger partial charge is 0.462 e. The van der Waals surface area contributed by atoms with Gasteiger partial charge < -0.3 is 9.47 Å². The molecule has 2 aliphatic rings. The van der Waals surface area contributed by atoms with Crippen LogP contribution in [0.3, 0.4) is 0 Å². The molecule has 2 saturated carbocycles. The van der Waals surface area contributed by atoms with E-state index in [9.17, 15) is 4.79 Å². The Labute approximate surface area is 158 Å². The Morgan fingerprint density at radius 1 is 1.00 bits per heavy atom. The number of carbonyl (C=O) groups excluding carboxylic acids is 1. The highest BCUT2D eigenvalue weighted by molar-refractivity contribution is 5.81. The van der Waals surface area contributed by atoms with Crippen molar-refractivity contribution in [2.24, 2.45) is 16.1 Å². The van der Waals surface area contributed by atoms with E-state index in [1.165, 1.54) is 44.6 Å².